The van der Waals surface area contributed by atoms with E-state index in [1.54, 1.807) is 24.3 Å². The normalized spacial score (nSPS) is 11.6. The lowest BCUT2D eigenvalue weighted by Gasteiger charge is -2.14. The highest BCUT2D eigenvalue weighted by Gasteiger charge is 2.21. The molecule has 0 heterocycles. The van der Waals surface area contributed by atoms with Gasteiger partial charge in [-0.15, -0.1) is 0 Å². The fourth-order valence-electron chi connectivity index (χ4n) is 2.64. The topological polar surface area (TPSA) is 81.4 Å². The lowest BCUT2D eigenvalue weighted by molar-refractivity contribution is -0.135. The number of anilines is 1. The largest absolute Gasteiger partial charge is 0.425 e. The average molecular weight is 429 g/mol. The quantitative estimate of drug-likeness (QED) is 0.439. The Kier molecular flexibility index (Phi) is 6.88. The van der Waals surface area contributed by atoms with Gasteiger partial charge in [-0.05, 0) is 54.4 Å². The van der Waals surface area contributed by atoms with Crippen LogP contribution in [0.2, 0.25) is 10.0 Å². The van der Waals surface area contributed by atoms with E-state index in [1.165, 1.54) is 18.2 Å². The number of carbonyl (C=O) groups excluding carboxylic acids is 2. The zero-order valence-corrected chi connectivity index (χ0v) is 16.8. The van der Waals surface area contributed by atoms with E-state index in [0.717, 1.165) is 5.56 Å². The zero-order valence-electron chi connectivity index (χ0n) is 15.3. The van der Waals surface area contributed by atoms with Crippen molar-refractivity contribution in [1.29, 1.82) is 0 Å². The third kappa shape index (κ3) is 5.81. The number of rotatable bonds is 6. The third-order valence-corrected chi connectivity index (χ3v) is 4.59. The number of amides is 1. The minimum Gasteiger partial charge on any atom is -0.425 e. The summed E-state index contributed by atoms with van der Waals surface area (Å²) in [5.41, 5.74) is 7.55. The molecule has 0 aliphatic heterocycles. The summed E-state index contributed by atoms with van der Waals surface area (Å²) in [7, 11) is 0. The lowest BCUT2D eigenvalue weighted by atomic mass is 10.1. The number of nitrogens with one attached hydrogen (secondary N) is 1. The van der Waals surface area contributed by atoms with Gasteiger partial charge < -0.3 is 15.8 Å². The summed E-state index contributed by atoms with van der Waals surface area (Å²) in [6, 6.07) is 19.5. The summed E-state index contributed by atoms with van der Waals surface area (Å²) in [6.45, 7) is 0. The molecule has 3 aromatic carbocycles. The summed E-state index contributed by atoms with van der Waals surface area (Å²) >= 11 is 11.9. The third-order valence-electron chi connectivity index (χ3n) is 4.10. The van der Waals surface area contributed by atoms with Gasteiger partial charge in [-0.3, -0.25) is 4.79 Å². The van der Waals surface area contributed by atoms with E-state index in [0.29, 0.717) is 22.2 Å². The predicted molar refractivity (Wildman–Crippen MR) is 115 cm³/mol. The van der Waals surface area contributed by atoms with Crippen LogP contribution in [0.3, 0.4) is 0 Å². The Bertz CT molecular complexity index is 1010. The van der Waals surface area contributed by atoms with E-state index in [4.69, 9.17) is 33.7 Å². The van der Waals surface area contributed by atoms with Crippen molar-refractivity contribution in [3.8, 4) is 5.75 Å². The summed E-state index contributed by atoms with van der Waals surface area (Å²) in [4.78, 5) is 25.1. The van der Waals surface area contributed by atoms with Crippen molar-refractivity contribution in [3.05, 3.63) is 94.0 Å². The monoisotopic (exact) mass is 428 g/mol. The van der Waals surface area contributed by atoms with E-state index in [2.05, 4.69) is 5.32 Å². The van der Waals surface area contributed by atoms with Crippen LogP contribution < -0.4 is 15.8 Å². The molecule has 0 bridgehead atoms. The number of halogens is 2. The number of benzene rings is 3. The van der Waals surface area contributed by atoms with E-state index in [1.807, 2.05) is 30.3 Å². The summed E-state index contributed by atoms with van der Waals surface area (Å²) < 4.78 is 5.41. The molecule has 0 aliphatic rings. The molecule has 0 spiro atoms. The van der Waals surface area contributed by atoms with Gasteiger partial charge in [0.15, 0.2) is 0 Å². The van der Waals surface area contributed by atoms with Crippen LogP contribution in [0.4, 0.5) is 5.69 Å². The SMILES string of the molecule is N[C@@H](Cc1ccccc1)C(=O)Oc1ccc(Cl)cc1C(=O)Nc1ccc(Cl)cc1. The first-order valence-corrected chi connectivity index (χ1v) is 9.55. The molecule has 1 atom stereocenters. The molecule has 0 aliphatic carbocycles. The highest BCUT2D eigenvalue weighted by Crippen LogP contribution is 2.25. The molecular formula is C22H18Cl2N2O3. The second-order valence-corrected chi connectivity index (χ2v) is 7.19. The van der Waals surface area contributed by atoms with Gasteiger partial charge in [-0.25, -0.2) is 4.79 Å². The molecule has 3 N–H and O–H groups in total. The molecule has 7 heteroatoms. The highest BCUT2D eigenvalue weighted by molar-refractivity contribution is 6.31. The van der Waals surface area contributed by atoms with Gasteiger partial charge in [0.05, 0.1) is 5.56 Å². The van der Waals surface area contributed by atoms with Crippen LogP contribution in [-0.2, 0) is 11.2 Å². The Labute approximate surface area is 178 Å². The molecule has 3 aromatic rings. The van der Waals surface area contributed by atoms with Gasteiger partial charge in [0.2, 0.25) is 0 Å². The molecular weight excluding hydrogens is 411 g/mol. The number of esters is 1. The van der Waals surface area contributed by atoms with Crippen molar-refractivity contribution in [1.82, 2.24) is 0 Å². The minimum atomic E-state index is -0.875. The molecule has 5 nitrogen and oxygen atoms in total. The Morgan fingerprint density at radius 2 is 1.59 bits per heavy atom. The van der Waals surface area contributed by atoms with Crippen molar-refractivity contribution < 1.29 is 14.3 Å². The first kappa shape index (κ1) is 20.9. The van der Waals surface area contributed by atoms with Crippen molar-refractivity contribution in [2.45, 2.75) is 12.5 Å². The summed E-state index contributed by atoms with van der Waals surface area (Å²) in [6.07, 6.45) is 0.319. The smallest absolute Gasteiger partial charge is 0.328 e. The molecule has 29 heavy (non-hydrogen) atoms. The maximum absolute atomic E-state index is 12.7. The summed E-state index contributed by atoms with van der Waals surface area (Å²) in [5.74, 6) is -1.04. The Balaban J connectivity index is 1.74. The second kappa shape index (κ2) is 9.56. The van der Waals surface area contributed by atoms with E-state index >= 15 is 0 Å². The summed E-state index contributed by atoms with van der Waals surface area (Å²) in [5, 5.41) is 3.60. The van der Waals surface area contributed by atoms with Crippen LogP contribution in [0.15, 0.2) is 72.8 Å². The van der Waals surface area contributed by atoms with Crippen molar-refractivity contribution in [3.63, 3.8) is 0 Å². The number of carbonyl (C=O) groups is 2. The maximum Gasteiger partial charge on any atom is 0.328 e. The maximum atomic E-state index is 12.7. The Morgan fingerprint density at radius 3 is 2.28 bits per heavy atom. The molecule has 1 amide bonds. The molecule has 3 rings (SSSR count). The van der Waals surface area contributed by atoms with Crippen LogP contribution in [0, 0.1) is 0 Å². The van der Waals surface area contributed by atoms with Crippen LogP contribution in [0.25, 0.3) is 0 Å². The first-order chi connectivity index (χ1) is 13.9. The van der Waals surface area contributed by atoms with Gasteiger partial charge in [0.25, 0.3) is 5.91 Å². The molecule has 0 radical (unpaired) electrons. The number of ether oxygens (including phenoxy) is 1. The van der Waals surface area contributed by atoms with E-state index in [-0.39, 0.29) is 11.3 Å². The van der Waals surface area contributed by atoms with Gasteiger partial charge in [-0.2, -0.15) is 0 Å². The predicted octanol–water partition coefficient (Wildman–Crippen LogP) is 4.72. The number of hydrogen-bond donors (Lipinski definition) is 2. The molecule has 0 fully saturated rings. The van der Waals surface area contributed by atoms with Gasteiger partial charge >= 0.3 is 5.97 Å². The molecule has 148 valence electrons. The number of hydrogen-bond acceptors (Lipinski definition) is 4. The van der Waals surface area contributed by atoms with Crippen LogP contribution in [0.1, 0.15) is 15.9 Å². The fraction of sp³-hybridized carbons (Fsp3) is 0.0909. The lowest BCUT2D eigenvalue weighted by Crippen LogP contribution is -2.36. The highest BCUT2D eigenvalue weighted by atomic mass is 35.5. The molecule has 0 saturated heterocycles. The van der Waals surface area contributed by atoms with Crippen LogP contribution in [0.5, 0.6) is 5.75 Å². The zero-order chi connectivity index (χ0) is 20.8. The van der Waals surface area contributed by atoms with Gasteiger partial charge in [0.1, 0.15) is 11.8 Å². The second-order valence-electron chi connectivity index (χ2n) is 6.32. The molecule has 0 aromatic heterocycles. The first-order valence-electron chi connectivity index (χ1n) is 8.80. The van der Waals surface area contributed by atoms with Crippen molar-refractivity contribution >= 4 is 40.8 Å². The Hall–Kier alpha value is -2.86. The fourth-order valence-corrected chi connectivity index (χ4v) is 2.93. The van der Waals surface area contributed by atoms with Crippen LogP contribution >= 0.6 is 23.2 Å². The average Bonchev–Trinajstić information content (AvgIpc) is 2.71. The van der Waals surface area contributed by atoms with Crippen molar-refractivity contribution in [2.24, 2.45) is 5.73 Å². The van der Waals surface area contributed by atoms with E-state index < -0.39 is 17.9 Å². The van der Waals surface area contributed by atoms with E-state index in [9.17, 15) is 9.59 Å². The Morgan fingerprint density at radius 1 is 0.931 bits per heavy atom. The molecule has 0 unspecified atom stereocenters. The number of nitrogens with two attached hydrogens (primary N) is 1. The van der Waals surface area contributed by atoms with Gasteiger partial charge in [-0.1, -0.05) is 53.5 Å². The molecule has 0 saturated carbocycles. The standard InChI is InChI=1S/C22H18Cl2N2O3/c23-15-6-9-17(10-7-15)26-21(27)18-13-16(24)8-11-20(18)29-22(28)19(25)12-14-4-2-1-3-5-14/h1-11,13,19H,12,25H2,(H,26,27)/t19-/m0/s1. The minimum absolute atomic E-state index is 0.0781. The van der Waals surface area contributed by atoms with Crippen LogP contribution in [-0.4, -0.2) is 17.9 Å². The van der Waals surface area contributed by atoms with Gasteiger partial charge in [0, 0.05) is 15.7 Å². The van der Waals surface area contributed by atoms with Crippen molar-refractivity contribution in [2.75, 3.05) is 5.32 Å².